The van der Waals surface area contributed by atoms with Gasteiger partial charge in [0.05, 0.1) is 16.9 Å². The van der Waals surface area contributed by atoms with Gasteiger partial charge in [-0.25, -0.2) is 9.79 Å². The van der Waals surface area contributed by atoms with E-state index in [0.717, 1.165) is 0 Å². The summed E-state index contributed by atoms with van der Waals surface area (Å²) in [6.45, 7) is 0. The molecule has 0 aromatic heterocycles. The molecule has 0 bridgehead atoms. The molecule has 0 saturated carbocycles. The molecule has 160 valence electrons. The van der Waals surface area contributed by atoms with Gasteiger partial charge in [-0.1, -0.05) is 48.2 Å². The van der Waals surface area contributed by atoms with E-state index in [-0.39, 0.29) is 23.8 Å². The van der Waals surface area contributed by atoms with Gasteiger partial charge in [0.1, 0.15) is 5.25 Å². The van der Waals surface area contributed by atoms with Gasteiger partial charge in [0, 0.05) is 12.1 Å². The number of carbonyl (C=O) groups excluding carboxylic acids is 2. The summed E-state index contributed by atoms with van der Waals surface area (Å²) in [6.07, 6.45) is 0.00636. The second-order valence-electron chi connectivity index (χ2n) is 6.98. The molecule has 3 aromatic rings. The fraction of sp³-hybridized carbons (Fsp3) is 0.0833. The minimum atomic E-state index is -1.04. The van der Waals surface area contributed by atoms with Crippen molar-refractivity contribution < 1.29 is 19.5 Å². The molecule has 2 N–H and O–H groups in total. The number of thioether (sulfide) groups is 1. The number of aromatic carboxylic acids is 1. The lowest BCUT2D eigenvalue weighted by molar-refractivity contribution is -0.121. The molecule has 8 heteroatoms. The second-order valence-corrected chi connectivity index (χ2v) is 8.15. The predicted octanol–water partition coefficient (Wildman–Crippen LogP) is 4.55. The normalized spacial score (nSPS) is 17.2. The Kier molecular flexibility index (Phi) is 6.32. The number of carboxylic acids is 1. The molecule has 2 amide bonds. The average molecular weight is 446 g/mol. The quantitative estimate of drug-likeness (QED) is 0.600. The van der Waals surface area contributed by atoms with Crippen LogP contribution in [0.2, 0.25) is 0 Å². The summed E-state index contributed by atoms with van der Waals surface area (Å²) in [6, 6.07) is 24.3. The number of amides is 2. The van der Waals surface area contributed by atoms with Crippen molar-refractivity contribution in [3.8, 4) is 0 Å². The topological polar surface area (TPSA) is 99.1 Å². The van der Waals surface area contributed by atoms with Gasteiger partial charge < -0.3 is 10.4 Å². The maximum atomic E-state index is 13.1. The van der Waals surface area contributed by atoms with Crippen molar-refractivity contribution >= 4 is 51.8 Å². The van der Waals surface area contributed by atoms with Crippen LogP contribution in [-0.2, 0) is 9.59 Å². The summed E-state index contributed by atoms with van der Waals surface area (Å²) in [5, 5.41) is 11.5. The number of benzene rings is 3. The van der Waals surface area contributed by atoms with Crippen molar-refractivity contribution in [1.29, 1.82) is 0 Å². The molecule has 1 unspecified atom stereocenters. The van der Waals surface area contributed by atoms with Crippen LogP contribution < -0.4 is 10.2 Å². The first-order chi connectivity index (χ1) is 15.5. The molecule has 1 heterocycles. The van der Waals surface area contributed by atoms with Gasteiger partial charge in [0.2, 0.25) is 11.8 Å². The Morgan fingerprint density at radius 1 is 0.938 bits per heavy atom. The zero-order valence-electron chi connectivity index (χ0n) is 16.8. The molecule has 1 aliphatic rings. The standard InChI is InChI=1S/C24H19N3O4S/c28-21-15-20(22(29)25-18-13-11-16(12-14-18)23(30)31)32-24(26-17-7-3-1-4-8-17)27(21)19-9-5-2-6-10-19/h1-14,20H,15H2,(H,25,29)(H,30,31). The van der Waals surface area contributed by atoms with E-state index in [1.54, 1.807) is 0 Å². The largest absolute Gasteiger partial charge is 0.478 e. The van der Waals surface area contributed by atoms with E-state index in [1.165, 1.54) is 40.9 Å². The van der Waals surface area contributed by atoms with Gasteiger partial charge in [-0.2, -0.15) is 0 Å². The smallest absolute Gasteiger partial charge is 0.335 e. The van der Waals surface area contributed by atoms with E-state index in [1.807, 2.05) is 60.7 Å². The number of hydrogen-bond donors (Lipinski definition) is 2. The monoisotopic (exact) mass is 445 g/mol. The van der Waals surface area contributed by atoms with Crippen molar-refractivity contribution in [2.75, 3.05) is 10.2 Å². The Balaban J connectivity index is 1.59. The highest BCUT2D eigenvalue weighted by Gasteiger charge is 2.36. The number of aliphatic imine (C=N–C) groups is 1. The molecule has 4 rings (SSSR count). The number of para-hydroxylation sites is 2. The fourth-order valence-electron chi connectivity index (χ4n) is 3.16. The van der Waals surface area contributed by atoms with Crippen LogP contribution in [0.3, 0.4) is 0 Å². The van der Waals surface area contributed by atoms with Gasteiger partial charge in [0.25, 0.3) is 0 Å². The lowest BCUT2D eigenvalue weighted by Gasteiger charge is -2.31. The summed E-state index contributed by atoms with van der Waals surface area (Å²) < 4.78 is 0. The third kappa shape index (κ3) is 4.87. The highest BCUT2D eigenvalue weighted by atomic mass is 32.2. The Morgan fingerprint density at radius 2 is 1.56 bits per heavy atom. The number of rotatable bonds is 5. The Bertz CT molecular complexity index is 1160. The lowest BCUT2D eigenvalue weighted by atomic mass is 10.2. The first-order valence-corrected chi connectivity index (χ1v) is 10.7. The number of carbonyl (C=O) groups is 3. The minimum Gasteiger partial charge on any atom is -0.478 e. The van der Waals surface area contributed by atoms with Crippen LogP contribution in [0.4, 0.5) is 17.1 Å². The third-order valence-electron chi connectivity index (χ3n) is 4.74. The van der Waals surface area contributed by atoms with E-state index in [9.17, 15) is 14.4 Å². The highest BCUT2D eigenvalue weighted by Crippen LogP contribution is 2.33. The zero-order chi connectivity index (χ0) is 22.5. The molecule has 1 fully saturated rings. The Hall–Kier alpha value is -3.91. The number of nitrogens with one attached hydrogen (secondary N) is 1. The van der Waals surface area contributed by atoms with Crippen LogP contribution in [0, 0.1) is 0 Å². The summed E-state index contributed by atoms with van der Waals surface area (Å²) in [5.41, 5.74) is 1.94. The van der Waals surface area contributed by atoms with Gasteiger partial charge in [-0.3, -0.25) is 14.5 Å². The van der Waals surface area contributed by atoms with Crippen LogP contribution in [0.5, 0.6) is 0 Å². The molecule has 0 spiro atoms. The molecule has 0 aliphatic carbocycles. The molecule has 32 heavy (non-hydrogen) atoms. The number of amidine groups is 1. The Labute approximate surface area is 188 Å². The molecule has 7 nitrogen and oxygen atoms in total. The van der Waals surface area contributed by atoms with Crippen molar-refractivity contribution in [1.82, 2.24) is 0 Å². The third-order valence-corrected chi connectivity index (χ3v) is 5.89. The summed E-state index contributed by atoms with van der Waals surface area (Å²) in [7, 11) is 0. The molecular formula is C24H19N3O4S. The lowest BCUT2D eigenvalue weighted by Crippen LogP contribution is -2.45. The highest BCUT2D eigenvalue weighted by molar-refractivity contribution is 8.15. The summed E-state index contributed by atoms with van der Waals surface area (Å²) in [5.74, 6) is -1.62. The van der Waals surface area contributed by atoms with E-state index < -0.39 is 11.2 Å². The second kappa shape index (κ2) is 9.49. The molecule has 3 aromatic carbocycles. The average Bonchev–Trinajstić information content (AvgIpc) is 2.80. The van der Waals surface area contributed by atoms with Crippen molar-refractivity contribution in [2.45, 2.75) is 11.7 Å². The van der Waals surface area contributed by atoms with E-state index in [0.29, 0.717) is 22.2 Å². The summed E-state index contributed by atoms with van der Waals surface area (Å²) >= 11 is 1.22. The van der Waals surface area contributed by atoms with Gasteiger partial charge in [-0.05, 0) is 48.5 Å². The fourth-order valence-corrected chi connectivity index (χ4v) is 4.28. The van der Waals surface area contributed by atoms with E-state index >= 15 is 0 Å². The molecular weight excluding hydrogens is 426 g/mol. The number of hydrogen-bond acceptors (Lipinski definition) is 5. The molecule has 1 atom stereocenters. The SMILES string of the molecule is O=C(O)c1ccc(NC(=O)C2CC(=O)N(c3ccccc3)C(=Nc3ccccc3)S2)cc1. The number of anilines is 2. The van der Waals surface area contributed by atoms with Gasteiger partial charge in [-0.15, -0.1) is 0 Å². The molecule has 1 aliphatic heterocycles. The first-order valence-electron chi connectivity index (χ1n) is 9.84. The van der Waals surface area contributed by atoms with Crippen molar-refractivity contribution in [3.63, 3.8) is 0 Å². The maximum Gasteiger partial charge on any atom is 0.335 e. The van der Waals surface area contributed by atoms with E-state index in [4.69, 9.17) is 5.11 Å². The van der Waals surface area contributed by atoms with Crippen LogP contribution in [-0.4, -0.2) is 33.3 Å². The minimum absolute atomic E-state index is 0.00636. The first kappa shape index (κ1) is 21.3. The van der Waals surface area contributed by atoms with Crippen molar-refractivity contribution in [2.24, 2.45) is 4.99 Å². The molecule has 0 radical (unpaired) electrons. The summed E-state index contributed by atoms with van der Waals surface area (Å²) in [4.78, 5) is 43.1. The number of nitrogens with zero attached hydrogens (tertiary/aromatic N) is 2. The van der Waals surface area contributed by atoms with Gasteiger partial charge in [0.15, 0.2) is 5.17 Å². The van der Waals surface area contributed by atoms with Crippen LogP contribution in [0.15, 0.2) is 89.9 Å². The van der Waals surface area contributed by atoms with Crippen LogP contribution in [0.25, 0.3) is 0 Å². The maximum absolute atomic E-state index is 13.1. The van der Waals surface area contributed by atoms with Crippen LogP contribution in [0.1, 0.15) is 16.8 Å². The van der Waals surface area contributed by atoms with Crippen LogP contribution >= 0.6 is 11.8 Å². The van der Waals surface area contributed by atoms with Crippen molar-refractivity contribution in [3.05, 3.63) is 90.5 Å². The van der Waals surface area contributed by atoms with Gasteiger partial charge >= 0.3 is 5.97 Å². The number of carboxylic acid groups (broad SMARTS) is 1. The Morgan fingerprint density at radius 3 is 2.19 bits per heavy atom. The van der Waals surface area contributed by atoms with E-state index in [2.05, 4.69) is 10.3 Å². The molecule has 1 saturated heterocycles. The predicted molar refractivity (Wildman–Crippen MR) is 125 cm³/mol. The zero-order valence-corrected chi connectivity index (χ0v) is 17.7.